The first-order valence-corrected chi connectivity index (χ1v) is 5.06. The van der Waals surface area contributed by atoms with Crippen molar-refractivity contribution in [3.05, 3.63) is 29.0 Å². The van der Waals surface area contributed by atoms with Crippen LogP contribution in [0, 0.1) is 0 Å². The number of hydrogen-bond donors (Lipinski definition) is 1. The van der Waals surface area contributed by atoms with E-state index < -0.39 is 0 Å². The second-order valence-electron chi connectivity index (χ2n) is 2.88. The molecule has 0 aliphatic rings. The monoisotopic (exact) mass is 228 g/mol. The van der Waals surface area contributed by atoms with Gasteiger partial charge in [-0.1, -0.05) is 11.6 Å². The van der Waals surface area contributed by atoms with Gasteiger partial charge >= 0.3 is 5.97 Å². The zero-order valence-electron chi connectivity index (χ0n) is 8.50. The van der Waals surface area contributed by atoms with Gasteiger partial charge in [0, 0.05) is 18.9 Å². The highest BCUT2D eigenvalue weighted by molar-refractivity contribution is 6.31. The van der Waals surface area contributed by atoms with Gasteiger partial charge in [0.2, 0.25) is 0 Å². The number of esters is 1. The summed E-state index contributed by atoms with van der Waals surface area (Å²) in [5.74, 6) is -0.261. The van der Waals surface area contributed by atoms with E-state index >= 15 is 0 Å². The van der Waals surface area contributed by atoms with Crippen LogP contribution >= 0.6 is 11.6 Å². The molecule has 0 unspecified atom stereocenters. The van der Waals surface area contributed by atoms with E-state index in [1.807, 2.05) is 0 Å². The zero-order chi connectivity index (χ0) is 11.1. The van der Waals surface area contributed by atoms with Crippen LogP contribution in [0.1, 0.15) is 12.5 Å². The Kier molecular flexibility index (Phi) is 5.07. The normalized spacial score (nSPS) is 10.0. The number of carbonyl (C=O) groups is 1. The molecule has 0 amide bonds. The van der Waals surface area contributed by atoms with E-state index in [1.54, 1.807) is 25.4 Å². The molecule has 0 aromatic carbocycles. The summed E-state index contributed by atoms with van der Waals surface area (Å²) in [7, 11) is 0. The Balaban J connectivity index is 2.32. The van der Waals surface area contributed by atoms with Crippen LogP contribution < -0.4 is 5.32 Å². The van der Waals surface area contributed by atoms with Crippen molar-refractivity contribution < 1.29 is 9.53 Å². The maximum Gasteiger partial charge on any atom is 0.319 e. The van der Waals surface area contributed by atoms with Crippen LogP contribution in [0.3, 0.4) is 0 Å². The summed E-state index contributed by atoms with van der Waals surface area (Å²) in [5.41, 5.74) is 0.913. The van der Waals surface area contributed by atoms with Crippen molar-refractivity contribution >= 4 is 17.6 Å². The van der Waals surface area contributed by atoms with Gasteiger partial charge in [0.1, 0.15) is 0 Å². The molecule has 1 rings (SSSR count). The van der Waals surface area contributed by atoms with Crippen LogP contribution in [0.2, 0.25) is 5.02 Å². The largest absolute Gasteiger partial charge is 0.465 e. The fourth-order valence-corrected chi connectivity index (χ4v) is 1.24. The number of nitrogens with one attached hydrogen (secondary N) is 1. The smallest absolute Gasteiger partial charge is 0.319 e. The van der Waals surface area contributed by atoms with Crippen LogP contribution in [0.15, 0.2) is 18.5 Å². The lowest BCUT2D eigenvalue weighted by molar-refractivity contribution is -0.142. The van der Waals surface area contributed by atoms with E-state index in [9.17, 15) is 4.79 Å². The summed E-state index contributed by atoms with van der Waals surface area (Å²) in [6.45, 7) is 2.89. The van der Waals surface area contributed by atoms with Gasteiger partial charge in [-0.05, 0) is 18.6 Å². The summed E-state index contributed by atoms with van der Waals surface area (Å²) in [4.78, 5) is 14.9. The van der Waals surface area contributed by atoms with Gasteiger partial charge in [0.15, 0.2) is 0 Å². The number of carbonyl (C=O) groups excluding carboxylic acids is 1. The van der Waals surface area contributed by atoms with Gasteiger partial charge in [0.05, 0.1) is 18.2 Å². The number of aromatic nitrogens is 1. The molecule has 0 radical (unpaired) electrons. The average Bonchev–Trinajstić information content (AvgIpc) is 2.21. The molecule has 5 heteroatoms. The highest BCUT2D eigenvalue weighted by Crippen LogP contribution is 2.12. The van der Waals surface area contributed by atoms with Crippen LogP contribution in [0.25, 0.3) is 0 Å². The molecule has 1 N–H and O–H groups in total. The minimum atomic E-state index is -0.261. The van der Waals surface area contributed by atoms with Crippen molar-refractivity contribution in [2.75, 3.05) is 13.2 Å². The van der Waals surface area contributed by atoms with Crippen molar-refractivity contribution in [3.63, 3.8) is 0 Å². The van der Waals surface area contributed by atoms with E-state index in [2.05, 4.69) is 10.3 Å². The predicted octanol–water partition coefficient (Wildman–Crippen LogP) is 1.39. The van der Waals surface area contributed by atoms with E-state index in [0.717, 1.165) is 5.56 Å². The minimum absolute atomic E-state index is 0.187. The van der Waals surface area contributed by atoms with Crippen LogP contribution in [0.5, 0.6) is 0 Å². The number of rotatable bonds is 5. The van der Waals surface area contributed by atoms with Crippen LogP contribution in [-0.4, -0.2) is 24.1 Å². The van der Waals surface area contributed by atoms with Crippen LogP contribution in [-0.2, 0) is 16.1 Å². The van der Waals surface area contributed by atoms with Crippen molar-refractivity contribution in [1.82, 2.24) is 10.3 Å². The molecule has 15 heavy (non-hydrogen) atoms. The van der Waals surface area contributed by atoms with Gasteiger partial charge < -0.3 is 10.1 Å². The van der Waals surface area contributed by atoms with Crippen molar-refractivity contribution in [2.45, 2.75) is 13.5 Å². The first-order valence-electron chi connectivity index (χ1n) is 4.68. The standard InChI is InChI=1S/C10H13ClN2O2/c1-2-15-10(14)7-13-5-8-3-4-12-6-9(8)11/h3-4,6,13H,2,5,7H2,1H3. The number of hydrogen-bond acceptors (Lipinski definition) is 4. The number of nitrogens with zero attached hydrogens (tertiary/aromatic N) is 1. The highest BCUT2D eigenvalue weighted by Gasteiger charge is 2.02. The van der Waals surface area contributed by atoms with Gasteiger partial charge in [-0.2, -0.15) is 0 Å². The molecule has 0 bridgehead atoms. The quantitative estimate of drug-likeness (QED) is 0.774. The summed E-state index contributed by atoms with van der Waals surface area (Å²) < 4.78 is 4.76. The Labute approximate surface area is 93.6 Å². The summed E-state index contributed by atoms with van der Waals surface area (Å²) in [6, 6.07) is 1.81. The van der Waals surface area contributed by atoms with Crippen molar-refractivity contribution in [2.24, 2.45) is 0 Å². The van der Waals surface area contributed by atoms with Crippen molar-refractivity contribution in [3.8, 4) is 0 Å². The van der Waals surface area contributed by atoms with E-state index in [1.165, 1.54) is 0 Å². The fourth-order valence-electron chi connectivity index (χ4n) is 1.06. The van der Waals surface area contributed by atoms with Gasteiger partial charge in [-0.15, -0.1) is 0 Å². The third-order valence-electron chi connectivity index (χ3n) is 1.75. The second kappa shape index (κ2) is 6.37. The van der Waals surface area contributed by atoms with Gasteiger partial charge in [-0.3, -0.25) is 9.78 Å². The highest BCUT2D eigenvalue weighted by atomic mass is 35.5. The Morgan fingerprint density at radius 1 is 1.67 bits per heavy atom. The first-order chi connectivity index (χ1) is 7.24. The van der Waals surface area contributed by atoms with E-state index in [4.69, 9.17) is 16.3 Å². The maximum absolute atomic E-state index is 11.0. The van der Waals surface area contributed by atoms with E-state index in [0.29, 0.717) is 18.2 Å². The summed E-state index contributed by atoms with van der Waals surface area (Å²) >= 11 is 5.88. The predicted molar refractivity (Wildman–Crippen MR) is 57.6 cm³/mol. The second-order valence-corrected chi connectivity index (χ2v) is 3.28. The Hall–Kier alpha value is -1.13. The lowest BCUT2D eigenvalue weighted by Gasteiger charge is -2.05. The zero-order valence-corrected chi connectivity index (χ0v) is 9.25. The fraction of sp³-hybridized carbons (Fsp3) is 0.400. The molecular weight excluding hydrogens is 216 g/mol. The van der Waals surface area contributed by atoms with Gasteiger partial charge in [-0.25, -0.2) is 0 Å². The Morgan fingerprint density at radius 3 is 3.13 bits per heavy atom. The van der Waals surface area contributed by atoms with E-state index in [-0.39, 0.29) is 12.5 Å². The molecule has 1 aromatic rings. The maximum atomic E-state index is 11.0. The molecule has 0 saturated carbocycles. The molecule has 1 heterocycles. The number of pyridine rings is 1. The molecule has 0 spiro atoms. The summed E-state index contributed by atoms with van der Waals surface area (Å²) in [6.07, 6.45) is 3.23. The number of ether oxygens (including phenoxy) is 1. The molecule has 0 aliphatic heterocycles. The molecule has 0 fully saturated rings. The minimum Gasteiger partial charge on any atom is -0.465 e. The lowest BCUT2D eigenvalue weighted by Crippen LogP contribution is -2.24. The topological polar surface area (TPSA) is 51.2 Å². The molecule has 0 aliphatic carbocycles. The SMILES string of the molecule is CCOC(=O)CNCc1ccncc1Cl. The molecule has 0 atom stereocenters. The Morgan fingerprint density at radius 2 is 2.47 bits per heavy atom. The molecular formula is C10H13ClN2O2. The first kappa shape index (κ1) is 11.9. The van der Waals surface area contributed by atoms with Gasteiger partial charge in [0.25, 0.3) is 0 Å². The third-order valence-corrected chi connectivity index (χ3v) is 2.09. The molecule has 4 nitrogen and oxygen atoms in total. The summed E-state index contributed by atoms with van der Waals surface area (Å²) in [5, 5.41) is 3.53. The molecule has 1 aromatic heterocycles. The Bertz CT molecular complexity index is 331. The number of halogens is 1. The average molecular weight is 229 g/mol. The third kappa shape index (κ3) is 4.27. The molecule has 0 saturated heterocycles. The van der Waals surface area contributed by atoms with Crippen molar-refractivity contribution in [1.29, 1.82) is 0 Å². The lowest BCUT2D eigenvalue weighted by atomic mass is 10.3. The molecule has 82 valence electrons. The van der Waals surface area contributed by atoms with Crippen LogP contribution in [0.4, 0.5) is 0 Å².